The molecular weight excluding hydrogens is 422 g/mol. The van der Waals surface area contributed by atoms with E-state index in [9.17, 15) is 8.42 Å². The monoisotopic (exact) mass is 443 g/mol. The van der Waals surface area contributed by atoms with Crippen molar-refractivity contribution in [2.45, 2.75) is 17.9 Å². The zero-order chi connectivity index (χ0) is 22.1. The van der Waals surface area contributed by atoms with Gasteiger partial charge in [-0.05, 0) is 36.3 Å². The second-order valence-corrected chi connectivity index (χ2v) is 9.23. The van der Waals surface area contributed by atoms with E-state index >= 15 is 0 Å². The normalized spacial score (nSPS) is 15.4. The van der Waals surface area contributed by atoms with Crippen LogP contribution in [0.4, 0.5) is 11.9 Å². The first kappa shape index (κ1) is 20.0. The highest BCUT2D eigenvalue weighted by Crippen LogP contribution is 2.33. The molecule has 8 heteroatoms. The molecule has 0 fully saturated rings. The molecule has 1 aliphatic rings. The van der Waals surface area contributed by atoms with E-state index in [1.807, 2.05) is 61.5 Å². The Morgan fingerprint density at radius 3 is 2.25 bits per heavy atom. The van der Waals surface area contributed by atoms with E-state index in [4.69, 9.17) is 0 Å². The van der Waals surface area contributed by atoms with Crippen molar-refractivity contribution in [3.8, 4) is 0 Å². The Labute approximate surface area is 186 Å². The summed E-state index contributed by atoms with van der Waals surface area (Å²) in [4.78, 5) is 4.59. The molecular formula is C24H21N5O2S. The number of aromatic nitrogens is 3. The third-order valence-electron chi connectivity index (χ3n) is 5.25. The van der Waals surface area contributed by atoms with Crippen LogP contribution < -0.4 is 10.0 Å². The van der Waals surface area contributed by atoms with Crippen LogP contribution in [0.25, 0.3) is 5.70 Å². The van der Waals surface area contributed by atoms with Crippen molar-refractivity contribution in [1.29, 1.82) is 0 Å². The smallest absolute Gasteiger partial charge is 0.264 e. The lowest BCUT2D eigenvalue weighted by atomic mass is 10.0. The molecule has 7 nitrogen and oxygen atoms in total. The van der Waals surface area contributed by atoms with E-state index < -0.39 is 10.0 Å². The Hall–Kier alpha value is -3.91. The summed E-state index contributed by atoms with van der Waals surface area (Å²) < 4.78 is 29.7. The van der Waals surface area contributed by atoms with Crippen molar-refractivity contribution in [3.05, 3.63) is 108 Å². The van der Waals surface area contributed by atoms with Crippen LogP contribution in [0.2, 0.25) is 0 Å². The minimum absolute atomic E-state index is 0.0103. The molecule has 0 unspecified atom stereocenters. The van der Waals surface area contributed by atoms with Crippen molar-refractivity contribution in [1.82, 2.24) is 14.8 Å². The summed E-state index contributed by atoms with van der Waals surface area (Å²) >= 11 is 0. The molecule has 0 spiro atoms. The molecule has 0 amide bonds. The van der Waals surface area contributed by atoms with Crippen LogP contribution in [-0.2, 0) is 10.0 Å². The predicted molar refractivity (Wildman–Crippen MR) is 125 cm³/mol. The van der Waals surface area contributed by atoms with Crippen molar-refractivity contribution >= 4 is 27.6 Å². The van der Waals surface area contributed by atoms with Crippen molar-refractivity contribution in [2.24, 2.45) is 0 Å². The largest absolute Gasteiger partial charge is 0.324 e. The minimum Gasteiger partial charge on any atom is -0.324 e. The molecule has 1 atom stereocenters. The maximum absolute atomic E-state index is 12.8. The third-order valence-corrected chi connectivity index (χ3v) is 6.59. The first-order valence-corrected chi connectivity index (χ1v) is 11.6. The number of fused-ring (bicyclic) bond motifs is 1. The first-order valence-electron chi connectivity index (χ1n) is 10.1. The van der Waals surface area contributed by atoms with Gasteiger partial charge in [0.25, 0.3) is 16.0 Å². The van der Waals surface area contributed by atoms with Gasteiger partial charge in [-0.2, -0.15) is 4.98 Å². The van der Waals surface area contributed by atoms with Gasteiger partial charge in [0, 0.05) is 5.70 Å². The van der Waals surface area contributed by atoms with Gasteiger partial charge in [-0.3, -0.25) is 0 Å². The molecule has 1 aromatic heterocycles. The average molecular weight is 444 g/mol. The topological polar surface area (TPSA) is 88.9 Å². The molecule has 2 N–H and O–H groups in total. The Kier molecular flexibility index (Phi) is 4.99. The summed E-state index contributed by atoms with van der Waals surface area (Å²) in [6, 6.07) is 26.0. The second-order valence-electron chi connectivity index (χ2n) is 7.55. The van der Waals surface area contributed by atoms with E-state index in [1.165, 1.54) is 12.1 Å². The van der Waals surface area contributed by atoms with Gasteiger partial charge in [0.05, 0.1) is 4.90 Å². The molecule has 32 heavy (non-hydrogen) atoms. The van der Waals surface area contributed by atoms with Crippen LogP contribution in [0, 0.1) is 6.92 Å². The van der Waals surface area contributed by atoms with Gasteiger partial charge in [0.1, 0.15) is 6.04 Å². The Morgan fingerprint density at radius 1 is 0.906 bits per heavy atom. The molecule has 2 heterocycles. The summed E-state index contributed by atoms with van der Waals surface area (Å²) in [5, 5.41) is 7.76. The van der Waals surface area contributed by atoms with Crippen molar-refractivity contribution in [3.63, 3.8) is 0 Å². The number of nitrogens with one attached hydrogen (secondary N) is 2. The molecule has 0 radical (unpaired) electrons. The number of allylic oxidation sites excluding steroid dienone is 1. The molecule has 0 saturated carbocycles. The van der Waals surface area contributed by atoms with Crippen LogP contribution in [0.3, 0.4) is 0 Å². The zero-order valence-corrected chi connectivity index (χ0v) is 18.1. The molecule has 4 aromatic rings. The van der Waals surface area contributed by atoms with Crippen LogP contribution in [0.15, 0.2) is 95.9 Å². The fourth-order valence-corrected chi connectivity index (χ4v) is 4.56. The van der Waals surface area contributed by atoms with Gasteiger partial charge in [-0.15, -0.1) is 5.10 Å². The number of hydrogen-bond acceptors (Lipinski definition) is 5. The molecule has 0 saturated heterocycles. The summed E-state index contributed by atoms with van der Waals surface area (Å²) in [6.45, 7) is 2.04. The SMILES string of the molecule is Cc1ccc([C@H]2C=C(c3ccccc3)Nc3nc(NS(=O)(=O)c4ccccc4)nn32)cc1. The lowest BCUT2D eigenvalue weighted by Gasteiger charge is -2.24. The van der Waals surface area contributed by atoms with E-state index in [0.717, 1.165) is 22.4 Å². The number of sulfonamides is 1. The summed E-state index contributed by atoms with van der Waals surface area (Å²) in [6.07, 6.45) is 2.07. The fourth-order valence-electron chi connectivity index (χ4n) is 3.60. The first-order chi connectivity index (χ1) is 15.5. The van der Waals surface area contributed by atoms with Crippen LogP contribution in [0.5, 0.6) is 0 Å². The van der Waals surface area contributed by atoms with Gasteiger partial charge < -0.3 is 5.32 Å². The number of nitrogens with zero attached hydrogens (tertiary/aromatic N) is 3. The quantitative estimate of drug-likeness (QED) is 0.476. The lowest BCUT2D eigenvalue weighted by molar-refractivity contribution is 0.598. The number of rotatable bonds is 5. The number of aryl methyl sites for hydroxylation is 1. The molecule has 0 aliphatic carbocycles. The van der Waals surface area contributed by atoms with E-state index in [2.05, 4.69) is 26.2 Å². The summed E-state index contributed by atoms with van der Waals surface area (Å²) in [5.74, 6) is 0.471. The van der Waals surface area contributed by atoms with E-state index in [0.29, 0.717) is 5.95 Å². The van der Waals surface area contributed by atoms with Gasteiger partial charge in [-0.25, -0.2) is 17.8 Å². The third kappa shape index (κ3) is 3.88. The highest BCUT2D eigenvalue weighted by Gasteiger charge is 2.27. The standard InChI is InChI=1S/C24H21N5O2S/c1-17-12-14-19(15-13-17)22-16-21(18-8-4-2-5-9-18)25-24-26-23(27-29(22)24)28-32(30,31)20-10-6-3-7-11-20/h2-16,22H,1H3,(H2,25,26,27,28)/t22-/m1/s1. The van der Waals surface area contributed by atoms with Gasteiger partial charge >= 0.3 is 0 Å². The molecule has 160 valence electrons. The number of benzene rings is 3. The Balaban J connectivity index is 1.55. The Bertz CT molecular complexity index is 1380. The minimum atomic E-state index is -3.80. The van der Waals surface area contributed by atoms with E-state index in [-0.39, 0.29) is 16.9 Å². The Morgan fingerprint density at radius 2 is 1.56 bits per heavy atom. The van der Waals surface area contributed by atoms with Crippen LogP contribution in [-0.4, -0.2) is 23.2 Å². The highest BCUT2D eigenvalue weighted by molar-refractivity contribution is 7.92. The predicted octanol–water partition coefficient (Wildman–Crippen LogP) is 4.44. The zero-order valence-electron chi connectivity index (χ0n) is 17.3. The molecule has 3 aromatic carbocycles. The molecule has 1 aliphatic heterocycles. The van der Waals surface area contributed by atoms with Crippen LogP contribution in [0.1, 0.15) is 22.7 Å². The van der Waals surface area contributed by atoms with Crippen molar-refractivity contribution in [2.75, 3.05) is 10.0 Å². The number of anilines is 2. The fraction of sp³-hybridized carbons (Fsp3) is 0.0833. The average Bonchev–Trinajstić information content (AvgIpc) is 3.22. The van der Waals surface area contributed by atoms with Gasteiger partial charge in [0.15, 0.2) is 0 Å². The maximum atomic E-state index is 12.8. The van der Waals surface area contributed by atoms with Crippen LogP contribution >= 0.6 is 0 Å². The lowest BCUT2D eigenvalue weighted by Crippen LogP contribution is -2.20. The molecule has 0 bridgehead atoms. The van der Waals surface area contributed by atoms with Gasteiger partial charge in [0.2, 0.25) is 5.95 Å². The summed E-state index contributed by atoms with van der Waals surface area (Å²) in [5.41, 5.74) is 4.07. The van der Waals surface area contributed by atoms with Crippen molar-refractivity contribution < 1.29 is 8.42 Å². The second kappa shape index (κ2) is 7.97. The maximum Gasteiger partial charge on any atom is 0.264 e. The highest BCUT2D eigenvalue weighted by atomic mass is 32.2. The summed E-state index contributed by atoms with van der Waals surface area (Å²) in [7, 11) is -3.80. The molecule has 5 rings (SSSR count). The van der Waals surface area contributed by atoms with Gasteiger partial charge in [-0.1, -0.05) is 78.4 Å². The number of hydrogen-bond donors (Lipinski definition) is 2. The van der Waals surface area contributed by atoms with E-state index in [1.54, 1.807) is 22.9 Å².